The van der Waals surface area contributed by atoms with Crippen molar-refractivity contribution in [2.24, 2.45) is 0 Å². The Hall–Kier alpha value is -4.09. The molecule has 3 aromatic carbocycles. The molecule has 180 valence electrons. The van der Waals surface area contributed by atoms with Crippen LogP contribution in [0.3, 0.4) is 0 Å². The maximum absolute atomic E-state index is 13.0. The standard InChI is InChI=1S/C30H25ClN2O3/c1-4-35-29-19(3)30-24(25(17-36-30)20-10-12-21(31)13-11-20)16-23(29)18(2)15-28(34)33-27-9-5-8-26-22(27)7-6-14-32-26/h5-17H,4H2,1-3H3,(H,33,34)/b18-15+. The molecule has 5 nitrogen and oxygen atoms in total. The second kappa shape index (κ2) is 9.88. The van der Waals surface area contributed by atoms with E-state index in [1.54, 1.807) is 18.5 Å². The number of rotatable bonds is 6. The van der Waals surface area contributed by atoms with Crippen LogP contribution < -0.4 is 10.1 Å². The van der Waals surface area contributed by atoms with Crippen molar-refractivity contribution in [1.29, 1.82) is 0 Å². The Morgan fingerprint density at radius 3 is 2.69 bits per heavy atom. The van der Waals surface area contributed by atoms with Gasteiger partial charge in [0, 0.05) is 44.8 Å². The van der Waals surface area contributed by atoms with Crippen LogP contribution in [0, 0.1) is 6.92 Å². The minimum Gasteiger partial charge on any atom is -0.493 e. The second-order valence-electron chi connectivity index (χ2n) is 8.54. The molecule has 2 aromatic heterocycles. The number of hydrogen-bond acceptors (Lipinski definition) is 4. The van der Waals surface area contributed by atoms with Crippen molar-refractivity contribution in [2.75, 3.05) is 11.9 Å². The zero-order valence-electron chi connectivity index (χ0n) is 20.3. The van der Waals surface area contributed by atoms with Crippen LogP contribution >= 0.6 is 11.6 Å². The van der Waals surface area contributed by atoms with E-state index in [1.807, 2.05) is 81.4 Å². The number of furan rings is 1. The van der Waals surface area contributed by atoms with E-state index in [-0.39, 0.29) is 5.91 Å². The molecule has 0 atom stereocenters. The van der Waals surface area contributed by atoms with Gasteiger partial charge in [-0.25, -0.2) is 0 Å². The van der Waals surface area contributed by atoms with Crippen molar-refractivity contribution in [3.63, 3.8) is 0 Å². The number of ether oxygens (including phenoxy) is 1. The van der Waals surface area contributed by atoms with Crippen LogP contribution in [-0.2, 0) is 4.79 Å². The molecule has 0 aliphatic carbocycles. The number of fused-ring (bicyclic) bond motifs is 2. The van der Waals surface area contributed by atoms with Crippen LogP contribution in [0.1, 0.15) is 25.0 Å². The third-order valence-corrected chi connectivity index (χ3v) is 6.42. The lowest BCUT2D eigenvalue weighted by atomic mass is 9.96. The highest BCUT2D eigenvalue weighted by molar-refractivity contribution is 6.30. The molecule has 36 heavy (non-hydrogen) atoms. The molecule has 5 aromatic rings. The topological polar surface area (TPSA) is 64.4 Å². The van der Waals surface area contributed by atoms with E-state index in [1.165, 1.54) is 0 Å². The molecular weight excluding hydrogens is 472 g/mol. The van der Waals surface area contributed by atoms with E-state index in [0.29, 0.717) is 23.1 Å². The number of benzene rings is 3. The van der Waals surface area contributed by atoms with Crippen molar-refractivity contribution < 1.29 is 13.9 Å². The van der Waals surface area contributed by atoms with Gasteiger partial charge in [0.2, 0.25) is 5.91 Å². The van der Waals surface area contributed by atoms with E-state index in [2.05, 4.69) is 10.3 Å². The highest BCUT2D eigenvalue weighted by Gasteiger charge is 2.19. The van der Waals surface area contributed by atoms with Gasteiger partial charge in [0.25, 0.3) is 0 Å². The molecule has 1 amide bonds. The maximum atomic E-state index is 13.0. The summed E-state index contributed by atoms with van der Waals surface area (Å²) in [6.07, 6.45) is 5.08. The van der Waals surface area contributed by atoms with Crippen molar-refractivity contribution in [1.82, 2.24) is 4.98 Å². The largest absolute Gasteiger partial charge is 0.493 e. The lowest BCUT2D eigenvalue weighted by molar-refractivity contribution is -0.111. The first-order valence-corrected chi connectivity index (χ1v) is 12.1. The maximum Gasteiger partial charge on any atom is 0.248 e. The molecule has 0 saturated heterocycles. The fourth-order valence-corrected chi connectivity index (χ4v) is 4.57. The van der Waals surface area contributed by atoms with Gasteiger partial charge in [-0.15, -0.1) is 0 Å². The number of amides is 1. The number of nitrogens with one attached hydrogen (secondary N) is 1. The fourth-order valence-electron chi connectivity index (χ4n) is 4.45. The van der Waals surface area contributed by atoms with Crippen LogP contribution in [0.2, 0.25) is 5.02 Å². The van der Waals surface area contributed by atoms with Crippen molar-refractivity contribution in [2.45, 2.75) is 20.8 Å². The van der Waals surface area contributed by atoms with Crippen molar-refractivity contribution in [3.05, 3.63) is 95.3 Å². The predicted molar refractivity (Wildman–Crippen MR) is 147 cm³/mol. The van der Waals surface area contributed by atoms with E-state index >= 15 is 0 Å². The quantitative estimate of drug-likeness (QED) is 0.241. The number of hydrogen-bond donors (Lipinski definition) is 1. The summed E-state index contributed by atoms with van der Waals surface area (Å²) in [5.41, 5.74) is 6.75. The molecule has 1 N–H and O–H groups in total. The smallest absolute Gasteiger partial charge is 0.248 e. The Morgan fingerprint density at radius 2 is 1.92 bits per heavy atom. The van der Waals surface area contributed by atoms with E-state index in [9.17, 15) is 4.79 Å². The van der Waals surface area contributed by atoms with Gasteiger partial charge < -0.3 is 14.5 Å². The van der Waals surface area contributed by atoms with Gasteiger partial charge in [-0.1, -0.05) is 29.8 Å². The SMILES string of the molecule is CCOc1c(/C(C)=C/C(=O)Nc2cccc3ncccc23)cc2c(-c3ccc(Cl)cc3)coc2c1C. The van der Waals surface area contributed by atoms with E-state index in [0.717, 1.165) is 49.7 Å². The minimum absolute atomic E-state index is 0.228. The third-order valence-electron chi connectivity index (χ3n) is 6.16. The molecule has 2 heterocycles. The van der Waals surface area contributed by atoms with Gasteiger partial charge in [0.15, 0.2) is 0 Å². The molecule has 0 unspecified atom stereocenters. The molecule has 0 radical (unpaired) electrons. The number of aryl methyl sites for hydroxylation is 1. The molecule has 5 rings (SSSR count). The Morgan fingerprint density at radius 1 is 1.11 bits per heavy atom. The highest BCUT2D eigenvalue weighted by atomic mass is 35.5. The zero-order valence-corrected chi connectivity index (χ0v) is 21.0. The Bertz CT molecular complexity index is 1610. The van der Waals surface area contributed by atoms with Crippen LogP contribution in [0.4, 0.5) is 5.69 Å². The molecule has 0 aliphatic rings. The molecule has 0 aliphatic heterocycles. The number of allylic oxidation sites excluding steroid dienone is 1. The number of carbonyl (C=O) groups is 1. The fraction of sp³-hybridized carbons (Fsp3) is 0.133. The molecular formula is C30H25ClN2O3. The van der Waals surface area contributed by atoms with Gasteiger partial charge in [0.05, 0.1) is 24.1 Å². The Balaban J connectivity index is 1.56. The molecule has 6 heteroatoms. The number of pyridine rings is 1. The predicted octanol–water partition coefficient (Wildman–Crippen LogP) is 8.05. The Kier molecular flexibility index (Phi) is 6.49. The number of anilines is 1. The number of halogens is 1. The molecule has 0 spiro atoms. The number of nitrogens with zero attached hydrogens (tertiary/aromatic N) is 1. The third kappa shape index (κ3) is 4.45. The van der Waals surface area contributed by atoms with E-state index < -0.39 is 0 Å². The monoisotopic (exact) mass is 496 g/mol. The number of aromatic nitrogens is 1. The summed E-state index contributed by atoms with van der Waals surface area (Å²) < 4.78 is 12.0. The van der Waals surface area contributed by atoms with Gasteiger partial charge in [-0.2, -0.15) is 0 Å². The summed E-state index contributed by atoms with van der Waals surface area (Å²) in [5, 5.41) is 5.51. The molecule has 0 bridgehead atoms. The summed E-state index contributed by atoms with van der Waals surface area (Å²) in [5.74, 6) is 0.479. The normalized spacial score (nSPS) is 11.7. The van der Waals surface area contributed by atoms with Gasteiger partial charge in [0.1, 0.15) is 11.3 Å². The molecule has 0 fully saturated rings. The van der Waals surface area contributed by atoms with Crippen LogP contribution in [0.25, 0.3) is 38.6 Å². The van der Waals surface area contributed by atoms with Crippen LogP contribution in [-0.4, -0.2) is 17.5 Å². The first-order chi connectivity index (χ1) is 17.5. The van der Waals surface area contributed by atoms with Crippen LogP contribution in [0.15, 0.2) is 83.6 Å². The summed E-state index contributed by atoms with van der Waals surface area (Å²) >= 11 is 6.09. The Labute approximate surface area is 214 Å². The number of carbonyl (C=O) groups excluding carboxylic acids is 1. The first kappa shape index (κ1) is 23.6. The average molecular weight is 497 g/mol. The van der Waals surface area contributed by atoms with Gasteiger partial charge in [-0.3, -0.25) is 9.78 Å². The molecule has 0 saturated carbocycles. The average Bonchev–Trinajstić information content (AvgIpc) is 3.30. The first-order valence-electron chi connectivity index (χ1n) is 11.7. The minimum atomic E-state index is -0.228. The highest BCUT2D eigenvalue weighted by Crippen LogP contribution is 2.41. The summed E-state index contributed by atoms with van der Waals surface area (Å²) in [6, 6.07) is 19.1. The summed E-state index contributed by atoms with van der Waals surface area (Å²) in [7, 11) is 0. The lowest BCUT2D eigenvalue weighted by Crippen LogP contribution is -2.09. The summed E-state index contributed by atoms with van der Waals surface area (Å²) in [6.45, 7) is 6.32. The summed E-state index contributed by atoms with van der Waals surface area (Å²) in [4.78, 5) is 17.4. The van der Waals surface area contributed by atoms with Crippen molar-refractivity contribution in [3.8, 4) is 16.9 Å². The second-order valence-corrected chi connectivity index (χ2v) is 8.97. The van der Waals surface area contributed by atoms with Crippen molar-refractivity contribution >= 4 is 50.6 Å². The van der Waals surface area contributed by atoms with E-state index in [4.69, 9.17) is 20.8 Å². The van der Waals surface area contributed by atoms with Gasteiger partial charge in [-0.05, 0) is 74.4 Å². The van der Waals surface area contributed by atoms with Crippen LogP contribution in [0.5, 0.6) is 5.75 Å². The zero-order chi connectivity index (χ0) is 25.2. The van der Waals surface area contributed by atoms with Gasteiger partial charge >= 0.3 is 0 Å². The lowest BCUT2D eigenvalue weighted by Gasteiger charge is -2.15.